The molecule has 0 bridgehead atoms. The van der Waals surface area contributed by atoms with Crippen LogP contribution in [0, 0.1) is 11.8 Å². The van der Waals surface area contributed by atoms with Gasteiger partial charge in [0.15, 0.2) is 0 Å². The van der Waals surface area contributed by atoms with Gasteiger partial charge < -0.3 is 4.74 Å². The Kier molecular flexibility index (Phi) is 4.47. The Balaban J connectivity index is 1.62. The van der Waals surface area contributed by atoms with E-state index in [9.17, 15) is 0 Å². The van der Waals surface area contributed by atoms with Gasteiger partial charge in [-0.1, -0.05) is 12.8 Å². The van der Waals surface area contributed by atoms with Crippen molar-refractivity contribution in [2.24, 2.45) is 11.8 Å². The van der Waals surface area contributed by atoms with Gasteiger partial charge in [-0.2, -0.15) is 11.8 Å². The number of hydrogen-bond donors (Lipinski definition) is 0. The lowest BCUT2D eigenvalue weighted by atomic mass is 9.71. The van der Waals surface area contributed by atoms with E-state index in [0.29, 0.717) is 5.38 Å². The summed E-state index contributed by atoms with van der Waals surface area (Å²) >= 11 is 8.47. The van der Waals surface area contributed by atoms with E-state index in [1.54, 1.807) is 0 Å². The van der Waals surface area contributed by atoms with E-state index in [4.69, 9.17) is 16.3 Å². The predicted molar refractivity (Wildman–Crippen MR) is 79.6 cm³/mol. The van der Waals surface area contributed by atoms with E-state index in [1.807, 2.05) is 0 Å². The molecule has 0 aromatic heterocycles. The fourth-order valence-corrected chi connectivity index (χ4v) is 5.77. The monoisotopic (exact) mass is 288 g/mol. The highest BCUT2D eigenvalue weighted by atomic mass is 35.5. The molecule has 3 atom stereocenters. The van der Waals surface area contributed by atoms with Crippen molar-refractivity contribution in [1.82, 2.24) is 0 Å². The van der Waals surface area contributed by atoms with Gasteiger partial charge in [0.05, 0.1) is 5.60 Å². The first-order chi connectivity index (χ1) is 8.77. The summed E-state index contributed by atoms with van der Waals surface area (Å²) < 4.78 is 6.21. The summed E-state index contributed by atoms with van der Waals surface area (Å²) in [6.07, 6.45) is 10.4. The Bertz CT molecular complexity index is 272. The molecular formula is C15H25ClOS. The Morgan fingerprint density at radius 2 is 1.89 bits per heavy atom. The molecule has 0 aromatic carbocycles. The molecule has 1 aliphatic carbocycles. The van der Waals surface area contributed by atoms with Crippen LogP contribution in [0.15, 0.2) is 0 Å². The van der Waals surface area contributed by atoms with E-state index in [2.05, 4.69) is 11.8 Å². The minimum absolute atomic E-state index is 0.257. The van der Waals surface area contributed by atoms with E-state index in [-0.39, 0.29) is 5.60 Å². The molecule has 0 amide bonds. The molecule has 2 saturated heterocycles. The predicted octanol–water partition coefficient (Wildman–Crippen LogP) is 4.48. The van der Waals surface area contributed by atoms with E-state index < -0.39 is 0 Å². The van der Waals surface area contributed by atoms with Gasteiger partial charge in [0.25, 0.3) is 0 Å². The van der Waals surface area contributed by atoms with Crippen molar-refractivity contribution >= 4 is 23.4 Å². The third-order valence-corrected chi connectivity index (χ3v) is 6.63. The second-order valence-corrected chi connectivity index (χ2v) is 8.26. The van der Waals surface area contributed by atoms with Crippen molar-refractivity contribution in [1.29, 1.82) is 0 Å². The van der Waals surface area contributed by atoms with Crippen LogP contribution in [0.4, 0.5) is 0 Å². The number of ether oxygens (including phenoxy) is 1. The summed E-state index contributed by atoms with van der Waals surface area (Å²) in [5.41, 5.74) is 0.257. The third-order valence-electron chi connectivity index (χ3n) is 5.25. The maximum atomic E-state index is 6.37. The molecule has 3 fully saturated rings. The zero-order valence-electron chi connectivity index (χ0n) is 11.2. The first-order valence-electron chi connectivity index (χ1n) is 7.63. The van der Waals surface area contributed by atoms with Crippen LogP contribution in [-0.4, -0.2) is 29.1 Å². The Hall–Kier alpha value is 0.600. The van der Waals surface area contributed by atoms with Crippen molar-refractivity contribution in [3.05, 3.63) is 0 Å². The summed E-state index contributed by atoms with van der Waals surface area (Å²) in [7, 11) is 0. The van der Waals surface area contributed by atoms with Crippen LogP contribution in [0.25, 0.3) is 0 Å². The Morgan fingerprint density at radius 3 is 2.67 bits per heavy atom. The van der Waals surface area contributed by atoms with Crippen LogP contribution in [-0.2, 0) is 4.74 Å². The minimum Gasteiger partial charge on any atom is -0.375 e. The maximum Gasteiger partial charge on any atom is 0.0701 e. The summed E-state index contributed by atoms with van der Waals surface area (Å²) in [6, 6.07) is 0. The second-order valence-electron chi connectivity index (χ2n) is 6.42. The highest BCUT2D eigenvalue weighted by Crippen LogP contribution is 2.45. The lowest BCUT2D eigenvalue weighted by Crippen LogP contribution is -2.44. The molecule has 3 rings (SSSR count). The largest absolute Gasteiger partial charge is 0.375 e. The van der Waals surface area contributed by atoms with Crippen LogP contribution in [0.1, 0.15) is 51.4 Å². The number of thioether (sulfide) groups is 1. The van der Waals surface area contributed by atoms with E-state index in [1.165, 1.54) is 62.9 Å². The fourth-order valence-electron chi connectivity index (χ4n) is 4.15. The summed E-state index contributed by atoms with van der Waals surface area (Å²) in [6.45, 7) is 0.999. The average molecular weight is 289 g/mol. The molecule has 0 aromatic rings. The standard InChI is InChI=1S/C15H25ClOS/c16-14-3-1-2-12(10-14)13-4-7-17-15(11-13)5-8-18-9-6-15/h12-14H,1-11H2. The van der Waals surface area contributed by atoms with Gasteiger partial charge in [0.1, 0.15) is 0 Å². The molecule has 1 nitrogen and oxygen atoms in total. The smallest absolute Gasteiger partial charge is 0.0701 e. The molecule has 0 N–H and O–H groups in total. The minimum atomic E-state index is 0.257. The van der Waals surface area contributed by atoms with Crippen LogP contribution in [0.5, 0.6) is 0 Å². The van der Waals surface area contributed by atoms with E-state index in [0.717, 1.165) is 18.4 Å². The average Bonchev–Trinajstić information content (AvgIpc) is 2.40. The van der Waals surface area contributed by atoms with E-state index >= 15 is 0 Å². The van der Waals surface area contributed by atoms with Crippen molar-refractivity contribution in [3.63, 3.8) is 0 Å². The van der Waals surface area contributed by atoms with Crippen LogP contribution in [0.2, 0.25) is 0 Å². The summed E-state index contributed by atoms with van der Waals surface area (Å²) in [5.74, 6) is 4.38. The highest BCUT2D eigenvalue weighted by molar-refractivity contribution is 7.99. The van der Waals surface area contributed by atoms with Crippen molar-refractivity contribution in [3.8, 4) is 0 Å². The van der Waals surface area contributed by atoms with Gasteiger partial charge >= 0.3 is 0 Å². The molecule has 1 spiro atoms. The normalized spacial score (nSPS) is 40.8. The molecule has 0 radical (unpaired) electrons. The maximum absolute atomic E-state index is 6.37. The summed E-state index contributed by atoms with van der Waals surface area (Å²) in [4.78, 5) is 0. The van der Waals surface area contributed by atoms with Gasteiger partial charge in [-0.3, -0.25) is 0 Å². The lowest BCUT2D eigenvalue weighted by Gasteiger charge is -2.46. The zero-order chi connectivity index (χ0) is 12.4. The van der Waals surface area contributed by atoms with Gasteiger partial charge in [-0.15, -0.1) is 11.6 Å². The SMILES string of the molecule is ClC1CCCC(C2CCOC3(CCSCC3)C2)C1. The quantitative estimate of drug-likeness (QED) is 0.658. The molecule has 3 aliphatic rings. The van der Waals surface area contributed by atoms with Crippen molar-refractivity contribution in [2.75, 3.05) is 18.1 Å². The van der Waals surface area contributed by atoms with Crippen molar-refractivity contribution < 1.29 is 4.74 Å². The molecule has 3 heteroatoms. The van der Waals surface area contributed by atoms with Crippen LogP contribution in [0.3, 0.4) is 0 Å². The third kappa shape index (κ3) is 3.02. The summed E-state index contributed by atoms with van der Waals surface area (Å²) in [5, 5.41) is 0.449. The molecular weight excluding hydrogens is 264 g/mol. The molecule has 2 heterocycles. The highest BCUT2D eigenvalue weighted by Gasteiger charge is 2.41. The molecule has 2 aliphatic heterocycles. The van der Waals surface area contributed by atoms with Crippen molar-refractivity contribution in [2.45, 2.75) is 62.3 Å². The first kappa shape index (κ1) is 13.6. The zero-order valence-corrected chi connectivity index (χ0v) is 12.8. The van der Waals surface area contributed by atoms with Gasteiger partial charge in [-0.25, -0.2) is 0 Å². The van der Waals surface area contributed by atoms with Crippen LogP contribution < -0.4 is 0 Å². The molecule has 18 heavy (non-hydrogen) atoms. The van der Waals surface area contributed by atoms with Gasteiger partial charge in [-0.05, 0) is 61.9 Å². The Labute approximate surface area is 120 Å². The van der Waals surface area contributed by atoms with Crippen LogP contribution >= 0.6 is 23.4 Å². The fraction of sp³-hybridized carbons (Fsp3) is 1.00. The number of alkyl halides is 1. The first-order valence-corrected chi connectivity index (χ1v) is 9.22. The second kappa shape index (κ2) is 5.93. The number of rotatable bonds is 1. The Morgan fingerprint density at radius 1 is 1.06 bits per heavy atom. The van der Waals surface area contributed by atoms with Gasteiger partial charge in [0, 0.05) is 12.0 Å². The molecule has 1 saturated carbocycles. The molecule has 3 unspecified atom stereocenters. The van der Waals surface area contributed by atoms with Gasteiger partial charge in [0.2, 0.25) is 0 Å². The number of hydrogen-bond acceptors (Lipinski definition) is 2. The lowest BCUT2D eigenvalue weighted by molar-refractivity contribution is -0.112. The molecule has 104 valence electrons. The number of halogens is 1. The topological polar surface area (TPSA) is 9.23 Å².